The second-order valence-electron chi connectivity index (χ2n) is 6.01. The lowest BCUT2D eigenvalue weighted by atomic mass is 10.1. The van der Waals surface area contributed by atoms with Crippen LogP contribution in [0.4, 0.5) is 0 Å². The second-order valence-corrected chi connectivity index (χ2v) is 6.87. The Morgan fingerprint density at radius 3 is 2.19 bits per heavy atom. The summed E-state index contributed by atoms with van der Waals surface area (Å²) in [6.45, 7) is 9.83. The van der Waals surface area contributed by atoms with Crippen molar-refractivity contribution in [1.82, 2.24) is 4.98 Å². The van der Waals surface area contributed by atoms with Gasteiger partial charge < -0.3 is 19.2 Å². The molecule has 7 heteroatoms. The zero-order valence-electron chi connectivity index (χ0n) is 16.2. The van der Waals surface area contributed by atoms with Gasteiger partial charge in [-0.05, 0) is 52.3 Å². The van der Waals surface area contributed by atoms with E-state index in [1.54, 1.807) is 26.0 Å². The van der Waals surface area contributed by atoms with E-state index in [-0.39, 0.29) is 12.4 Å². The predicted octanol–water partition coefficient (Wildman–Crippen LogP) is 4.75. The molecule has 146 valence electrons. The molecule has 1 aromatic heterocycles. The first-order valence-electron chi connectivity index (χ1n) is 8.75. The van der Waals surface area contributed by atoms with E-state index in [0.717, 1.165) is 10.0 Å². The molecule has 0 saturated heterocycles. The number of ether oxygens (including phenoxy) is 3. The van der Waals surface area contributed by atoms with Crippen molar-refractivity contribution in [3.05, 3.63) is 44.7 Å². The Kier molecular flexibility index (Phi) is 7.07. The maximum Gasteiger partial charge on any atom is 0.355 e. The molecular formula is C20H24BrNO5. The minimum atomic E-state index is -0.512. The Labute approximate surface area is 167 Å². The summed E-state index contributed by atoms with van der Waals surface area (Å²) in [6, 6.07) is 3.59. The largest absolute Gasteiger partial charge is 0.490 e. The number of halogens is 1. The quantitative estimate of drug-likeness (QED) is 0.476. The lowest BCUT2D eigenvalue weighted by Gasteiger charge is -2.14. The van der Waals surface area contributed by atoms with Crippen LogP contribution in [0.2, 0.25) is 0 Å². The van der Waals surface area contributed by atoms with Gasteiger partial charge in [0.15, 0.2) is 17.3 Å². The highest BCUT2D eigenvalue weighted by Gasteiger charge is 2.21. The van der Waals surface area contributed by atoms with Gasteiger partial charge in [-0.15, -0.1) is 0 Å². The number of aromatic amines is 1. The second kappa shape index (κ2) is 9.08. The van der Waals surface area contributed by atoms with Crippen LogP contribution in [0.5, 0.6) is 11.5 Å². The minimum absolute atomic E-state index is 0.0544. The van der Waals surface area contributed by atoms with Crippen LogP contribution in [0.3, 0.4) is 0 Å². The predicted molar refractivity (Wildman–Crippen MR) is 106 cm³/mol. The van der Waals surface area contributed by atoms with Crippen molar-refractivity contribution in [2.24, 2.45) is 0 Å². The first kappa shape index (κ1) is 21.0. The van der Waals surface area contributed by atoms with Crippen molar-refractivity contribution in [3.63, 3.8) is 0 Å². The number of benzene rings is 1. The lowest BCUT2D eigenvalue weighted by Crippen LogP contribution is -2.08. The molecule has 0 radical (unpaired) electrons. The normalized spacial score (nSPS) is 10.6. The van der Waals surface area contributed by atoms with Crippen LogP contribution in [-0.2, 0) is 11.3 Å². The van der Waals surface area contributed by atoms with E-state index < -0.39 is 5.97 Å². The number of H-pyrrole nitrogens is 1. The van der Waals surface area contributed by atoms with E-state index in [4.69, 9.17) is 14.2 Å². The molecule has 0 saturated carbocycles. The molecule has 0 amide bonds. The molecule has 1 N–H and O–H groups in total. The Balaban J connectivity index is 2.21. The fourth-order valence-corrected chi connectivity index (χ4v) is 3.36. The molecule has 6 nitrogen and oxygen atoms in total. The van der Waals surface area contributed by atoms with Gasteiger partial charge in [0.2, 0.25) is 0 Å². The SMILES string of the molecule is CCOc1cc(Br)c(COC(=O)c2[nH]c(C)c(C(C)=O)c2C)cc1OCC. The van der Waals surface area contributed by atoms with E-state index in [9.17, 15) is 9.59 Å². The Morgan fingerprint density at radius 1 is 1.07 bits per heavy atom. The Hall–Kier alpha value is -2.28. The summed E-state index contributed by atoms with van der Waals surface area (Å²) in [7, 11) is 0. The molecule has 2 aromatic rings. The maximum atomic E-state index is 12.5. The average molecular weight is 438 g/mol. The number of nitrogens with one attached hydrogen (secondary N) is 1. The fourth-order valence-electron chi connectivity index (χ4n) is 2.92. The van der Waals surface area contributed by atoms with Crippen LogP contribution in [0.1, 0.15) is 58.4 Å². The van der Waals surface area contributed by atoms with Crippen molar-refractivity contribution in [2.45, 2.75) is 41.2 Å². The van der Waals surface area contributed by atoms with Crippen molar-refractivity contribution in [1.29, 1.82) is 0 Å². The zero-order chi connectivity index (χ0) is 20.1. The van der Waals surface area contributed by atoms with Gasteiger partial charge in [-0.2, -0.15) is 0 Å². The highest BCUT2D eigenvalue weighted by atomic mass is 79.9. The summed E-state index contributed by atoms with van der Waals surface area (Å²) in [5.74, 6) is 0.625. The molecule has 1 heterocycles. The van der Waals surface area contributed by atoms with Gasteiger partial charge in [0.1, 0.15) is 12.3 Å². The molecule has 0 spiro atoms. The Morgan fingerprint density at radius 2 is 1.67 bits per heavy atom. The average Bonchev–Trinajstić information content (AvgIpc) is 2.90. The monoisotopic (exact) mass is 437 g/mol. The number of carbonyl (C=O) groups is 2. The van der Waals surface area contributed by atoms with Crippen molar-refractivity contribution in [2.75, 3.05) is 13.2 Å². The number of carbonyl (C=O) groups excluding carboxylic acids is 2. The topological polar surface area (TPSA) is 77.6 Å². The van der Waals surface area contributed by atoms with Crippen molar-refractivity contribution < 1.29 is 23.8 Å². The standard InChI is InChI=1S/C20H24BrNO5/c1-6-25-16-8-14(15(21)9-17(16)26-7-2)10-27-20(24)19-11(3)18(13(5)23)12(4)22-19/h8-9,22H,6-7,10H2,1-5H3. The number of aryl methyl sites for hydroxylation is 1. The molecule has 1 aromatic carbocycles. The maximum absolute atomic E-state index is 12.5. The van der Waals surface area contributed by atoms with Gasteiger partial charge in [-0.3, -0.25) is 4.79 Å². The summed E-state index contributed by atoms with van der Waals surface area (Å²) < 4.78 is 17.4. The van der Waals surface area contributed by atoms with E-state index >= 15 is 0 Å². The number of hydrogen-bond acceptors (Lipinski definition) is 5. The third-order valence-electron chi connectivity index (χ3n) is 4.06. The van der Waals surface area contributed by atoms with Gasteiger partial charge in [-0.1, -0.05) is 15.9 Å². The van der Waals surface area contributed by atoms with Crippen LogP contribution in [0.15, 0.2) is 16.6 Å². The molecule has 2 rings (SSSR count). The first-order valence-corrected chi connectivity index (χ1v) is 9.54. The number of rotatable bonds is 8. The summed E-state index contributed by atoms with van der Waals surface area (Å²) in [5.41, 5.74) is 2.84. The number of ketones is 1. The van der Waals surface area contributed by atoms with Crippen LogP contribution in [0, 0.1) is 13.8 Å². The number of aromatic nitrogens is 1. The third kappa shape index (κ3) is 4.71. The molecule has 0 fully saturated rings. The van der Waals surface area contributed by atoms with E-state index in [1.165, 1.54) is 6.92 Å². The third-order valence-corrected chi connectivity index (χ3v) is 4.80. The van der Waals surface area contributed by atoms with Crippen LogP contribution >= 0.6 is 15.9 Å². The van der Waals surface area contributed by atoms with Crippen molar-refractivity contribution in [3.8, 4) is 11.5 Å². The molecule has 27 heavy (non-hydrogen) atoms. The Bertz CT molecular complexity index is 857. The fraction of sp³-hybridized carbons (Fsp3) is 0.400. The number of esters is 1. The highest BCUT2D eigenvalue weighted by molar-refractivity contribution is 9.10. The van der Waals surface area contributed by atoms with E-state index in [1.807, 2.05) is 13.8 Å². The van der Waals surface area contributed by atoms with Gasteiger partial charge in [0, 0.05) is 21.3 Å². The first-order chi connectivity index (χ1) is 12.8. The summed E-state index contributed by atoms with van der Waals surface area (Å²) >= 11 is 3.48. The van der Waals surface area contributed by atoms with E-state index in [2.05, 4.69) is 20.9 Å². The molecule has 0 atom stereocenters. The zero-order valence-corrected chi connectivity index (χ0v) is 17.8. The highest BCUT2D eigenvalue weighted by Crippen LogP contribution is 2.34. The lowest BCUT2D eigenvalue weighted by molar-refractivity contribution is 0.0464. The van der Waals surface area contributed by atoms with Crippen LogP contribution < -0.4 is 9.47 Å². The molecular weight excluding hydrogens is 414 g/mol. The summed E-state index contributed by atoms with van der Waals surface area (Å²) in [6.07, 6.45) is 0. The molecule has 0 aliphatic carbocycles. The number of Topliss-reactive ketones (excluding diaryl/α,β-unsaturated/α-hetero) is 1. The van der Waals surface area contributed by atoms with Gasteiger partial charge in [-0.25, -0.2) is 4.79 Å². The molecule has 0 aliphatic rings. The minimum Gasteiger partial charge on any atom is -0.490 e. The summed E-state index contributed by atoms with van der Waals surface area (Å²) in [4.78, 5) is 27.2. The van der Waals surface area contributed by atoms with Crippen LogP contribution in [-0.4, -0.2) is 30.0 Å². The molecule has 0 unspecified atom stereocenters. The smallest absolute Gasteiger partial charge is 0.355 e. The molecule has 0 aliphatic heterocycles. The molecule has 0 bridgehead atoms. The van der Waals surface area contributed by atoms with E-state index in [0.29, 0.717) is 47.2 Å². The van der Waals surface area contributed by atoms with Crippen molar-refractivity contribution >= 4 is 27.7 Å². The van der Waals surface area contributed by atoms with Crippen LogP contribution in [0.25, 0.3) is 0 Å². The van der Waals surface area contributed by atoms with Gasteiger partial charge >= 0.3 is 5.97 Å². The number of hydrogen-bond donors (Lipinski definition) is 1. The van der Waals surface area contributed by atoms with Gasteiger partial charge in [0.05, 0.1) is 13.2 Å². The van der Waals surface area contributed by atoms with Gasteiger partial charge in [0.25, 0.3) is 0 Å². The summed E-state index contributed by atoms with van der Waals surface area (Å²) in [5, 5.41) is 0.